The smallest absolute Gasteiger partial charge is 0 e. The van der Waals surface area contributed by atoms with E-state index in [2.05, 4.69) is 104 Å². The maximum Gasteiger partial charge on any atom is 0 e. The first-order valence-electron chi connectivity index (χ1n) is 9.03. The van der Waals surface area contributed by atoms with E-state index in [1.54, 1.807) is 24.8 Å². The molecule has 0 aromatic carbocycles. The number of nitrogens with zero attached hydrogens (tertiary/aromatic N) is 4. The van der Waals surface area contributed by atoms with Crippen molar-refractivity contribution in [2.24, 2.45) is 0 Å². The molecular weight excluding hydrogens is 507 g/mol. The van der Waals surface area contributed by atoms with E-state index in [-0.39, 0.29) is 41.9 Å². The predicted molar refractivity (Wildman–Crippen MR) is 134 cm³/mol. The molecule has 0 atom stereocenters. The summed E-state index contributed by atoms with van der Waals surface area (Å²) in [5.41, 5.74) is 0.0155. The summed E-state index contributed by atoms with van der Waals surface area (Å²) in [5.74, 6) is 0. The maximum absolute atomic E-state index is 4.92. The Morgan fingerprint density at radius 3 is 0.643 bits per heavy atom. The largest absolute Gasteiger partial charge is 0 e. The average Bonchev–Trinajstić information content (AvgIpc) is 2.38. The van der Waals surface area contributed by atoms with Crippen molar-refractivity contribution >= 4 is 54.5 Å². The van der Waals surface area contributed by atoms with Crippen LogP contribution in [-0.2, 0) is 0 Å². The van der Waals surface area contributed by atoms with Crippen LogP contribution in [0.5, 0.6) is 0 Å². The van der Waals surface area contributed by atoms with E-state index in [9.17, 15) is 0 Å². The monoisotopic (exact) mass is 544 g/mol. The van der Waals surface area contributed by atoms with Gasteiger partial charge in [-0.1, -0.05) is 83.1 Å². The standard InChI is InChI=1S/2C10H20N2.2ClH.2Ga/c2*1-9(2,3)11-7-8-12-10(4,5)6;;;;/h2*7-8H,1-6H3;2*1H;;/q2*-2;;;;+2/p-2. The molecule has 0 unspecified atom stereocenters. The van der Waals surface area contributed by atoms with E-state index >= 15 is 0 Å². The molecule has 0 aromatic heterocycles. The quantitative estimate of drug-likeness (QED) is 0.319. The zero-order valence-corrected chi connectivity index (χ0v) is 26.4. The van der Waals surface area contributed by atoms with E-state index < -0.39 is 15.4 Å². The second kappa shape index (κ2) is 17.2. The van der Waals surface area contributed by atoms with E-state index in [0.717, 1.165) is 0 Å². The van der Waals surface area contributed by atoms with Crippen LogP contribution in [0.4, 0.5) is 0 Å². The van der Waals surface area contributed by atoms with E-state index in [1.807, 2.05) is 0 Å². The third-order valence-electron chi connectivity index (χ3n) is 1.98. The Bertz CT molecular complexity index is 328. The van der Waals surface area contributed by atoms with E-state index in [1.165, 1.54) is 0 Å². The number of halogens is 2. The van der Waals surface area contributed by atoms with Crippen molar-refractivity contribution in [1.82, 2.24) is 0 Å². The average molecular weight is 547 g/mol. The van der Waals surface area contributed by atoms with Crippen molar-refractivity contribution in [2.75, 3.05) is 0 Å². The minimum Gasteiger partial charge on any atom is 0 e. The van der Waals surface area contributed by atoms with Crippen molar-refractivity contribution in [2.45, 2.75) is 105 Å². The first-order valence-corrected chi connectivity index (χ1v) is 15.4. The summed E-state index contributed by atoms with van der Waals surface area (Å²) in [6.07, 6.45) is 7.08. The molecule has 28 heavy (non-hydrogen) atoms. The van der Waals surface area contributed by atoms with Crippen molar-refractivity contribution in [1.29, 1.82) is 0 Å². The molecule has 0 aromatic rings. The molecule has 0 fully saturated rings. The molecule has 0 spiro atoms. The molecule has 0 bridgehead atoms. The Kier molecular flexibility index (Phi) is 22.1. The van der Waals surface area contributed by atoms with Gasteiger partial charge in [0.25, 0.3) is 0 Å². The van der Waals surface area contributed by atoms with Gasteiger partial charge in [0.2, 0.25) is 0 Å². The van der Waals surface area contributed by atoms with Crippen LogP contribution in [0.3, 0.4) is 0 Å². The Hall–Kier alpha value is 0.533. The zero-order chi connectivity index (χ0) is 22.4. The van der Waals surface area contributed by atoms with Gasteiger partial charge in [-0.05, 0) is 0 Å². The van der Waals surface area contributed by atoms with Gasteiger partial charge in [-0.25, -0.2) is 24.8 Å². The summed E-state index contributed by atoms with van der Waals surface area (Å²) >= 11 is -0.743. The molecule has 0 aliphatic heterocycles. The van der Waals surface area contributed by atoms with Crippen molar-refractivity contribution in [3.8, 4) is 0 Å². The fourth-order valence-corrected chi connectivity index (χ4v) is 1.03. The van der Waals surface area contributed by atoms with Gasteiger partial charge in [-0.2, -0.15) is 0 Å². The summed E-state index contributed by atoms with van der Waals surface area (Å²) < 4.78 is 0. The molecule has 8 heteroatoms. The third-order valence-corrected chi connectivity index (χ3v) is 1.98. The zero-order valence-electron chi connectivity index (χ0n) is 20.0. The van der Waals surface area contributed by atoms with Crippen LogP contribution in [0, 0.1) is 0 Å². The molecule has 0 saturated carbocycles. The topological polar surface area (TPSA) is 56.4 Å². The van der Waals surface area contributed by atoms with Crippen LogP contribution in [0.2, 0.25) is 0 Å². The van der Waals surface area contributed by atoms with Gasteiger partial charge in [0.1, 0.15) is 0 Å². The van der Waals surface area contributed by atoms with Gasteiger partial charge in [0, 0.05) is 19.8 Å². The van der Waals surface area contributed by atoms with Crippen LogP contribution in [0.15, 0.2) is 24.8 Å². The minimum absolute atomic E-state index is 0. The van der Waals surface area contributed by atoms with Gasteiger partial charge < -0.3 is 21.3 Å². The number of rotatable bonds is 4. The van der Waals surface area contributed by atoms with Gasteiger partial charge in [0.15, 0.2) is 0 Å². The summed E-state index contributed by atoms with van der Waals surface area (Å²) in [4.78, 5) is 0. The number of hydrogen-bond donors (Lipinski definition) is 0. The molecule has 0 amide bonds. The van der Waals surface area contributed by atoms with Gasteiger partial charge in [-0.15, -0.1) is 22.2 Å². The molecular formula is C20H40Cl2Ga2N4-4. The minimum atomic E-state index is -0.743. The maximum atomic E-state index is 4.92. The van der Waals surface area contributed by atoms with Gasteiger partial charge in [0.05, 0.1) is 0 Å². The van der Waals surface area contributed by atoms with Crippen LogP contribution in [-0.4, -0.2) is 57.4 Å². The molecule has 0 aliphatic rings. The molecule has 4 nitrogen and oxygen atoms in total. The number of hydrogen-bond acceptors (Lipinski definition) is 0. The fraction of sp³-hybridized carbons (Fsp3) is 0.800. The molecule has 0 heterocycles. The Balaban J connectivity index is -0.000000175. The molecule has 164 valence electrons. The Labute approximate surface area is 204 Å². The third kappa shape index (κ3) is 50.4. The molecule has 0 rings (SSSR count). The van der Waals surface area contributed by atoms with E-state index in [4.69, 9.17) is 19.3 Å². The molecule has 0 saturated heterocycles. The predicted octanol–water partition coefficient (Wildman–Crippen LogP) is 8.22. The first kappa shape index (κ1) is 35.9. The normalized spacial score (nSPS) is 12.1. The van der Waals surface area contributed by atoms with E-state index in [0.29, 0.717) is 0 Å². The molecule has 0 N–H and O–H groups in total. The second-order valence-electron chi connectivity index (χ2n) is 9.88. The summed E-state index contributed by atoms with van der Waals surface area (Å²) in [5, 5.41) is 17.1. The van der Waals surface area contributed by atoms with Crippen molar-refractivity contribution in [3.63, 3.8) is 0 Å². The first-order chi connectivity index (χ1) is 11.8. The molecule has 0 aliphatic carbocycles. The van der Waals surface area contributed by atoms with Crippen LogP contribution >= 0.6 is 19.3 Å². The van der Waals surface area contributed by atoms with Gasteiger partial charge >= 0.3 is 34.7 Å². The van der Waals surface area contributed by atoms with Crippen molar-refractivity contribution < 1.29 is 0 Å². The van der Waals surface area contributed by atoms with Crippen LogP contribution in [0.1, 0.15) is 83.1 Å². The summed E-state index contributed by atoms with van der Waals surface area (Å²) in [6, 6.07) is 0. The SMILES string of the molecule is CC(C)(C)[N-]C=C[N-]C(C)(C)C.CC(C)(C)[N-]C=C[N-]C(C)(C)C.[Cl][Ga][Cl].[Ga]. The second-order valence-corrected chi connectivity index (χ2v) is 13.7. The summed E-state index contributed by atoms with van der Waals surface area (Å²) in [7, 11) is 9.84. The fourth-order valence-electron chi connectivity index (χ4n) is 1.03. The Morgan fingerprint density at radius 2 is 0.571 bits per heavy atom. The molecule has 4 radical (unpaired) electrons. The van der Waals surface area contributed by atoms with Gasteiger partial charge in [-0.3, -0.25) is 0 Å². The van der Waals surface area contributed by atoms with Crippen LogP contribution < -0.4 is 0 Å². The summed E-state index contributed by atoms with van der Waals surface area (Å²) in [6.45, 7) is 24.8. The Morgan fingerprint density at radius 1 is 0.464 bits per heavy atom. The van der Waals surface area contributed by atoms with Crippen molar-refractivity contribution in [3.05, 3.63) is 46.1 Å². The van der Waals surface area contributed by atoms with Crippen LogP contribution in [0.25, 0.3) is 21.3 Å².